The summed E-state index contributed by atoms with van der Waals surface area (Å²) in [6.45, 7) is 3.89. The van der Waals surface area contributed by atoms with Crippen molar-refractivity contribution in [1.29, 1.82) is 0 Å². The highest BCUT2D eigenvalue weighted by Gasteiger charge is 2.05. The van der Waals surface area contributed by atoms with Crippen molar-refractivity contribution >= 4 is 11.6 Å². The van der Waals surface area contributed by atoms with Crippen LogP contribution in [-0.2, 0) is 0 Å². The SMILES string of the molecule is C[C](C)c1ccc(F)cc1Cl. The molecule has 0 aliphatic rings. The Balaban J connectivity index is 3.09. The van der Waals surface area contributed by atoms with E-state index < -0.39 is 0 Å². The second kappa shape index (κ2) is 3.22. The van der Waals surface area contributed by atoms with Crippen LogP contribution in [0.5, 0.6) is 0 Å². The van der Waals surface area contributed by atoms with Gasteiger partial charge in [-0.1, -0.05) is 31.5 Å². The fourth-order valence-corrected chi connectivity index (χ4v) is 1.25. The molecule has 0 heterocycles. The van der Waals surface area contributed by atoms with Crippen LogP contribution >= 0.6 is 11.6 Å². The molecule has 0 unspecified atom stereocenters. The van der Waals surface area contributed by atoms with E-state index in [9.17, 15) is 4.39 Å². The first-order valence-corrected chi connectivity index (χ1v) is 3.74. The van der Waals surface area contributed by atoms with E-state index >= 15 is 0 Å². The van der Waals surface area contributed by atoms with Gasteiger partial charge in [-0.25, -0.2) is 4.39 Å². The highest BCUT2D eigenvalue weighted by atomic mass is 35.5. The maximum Gasteiger partial charge on any atom is 0.124 e. The fraction of sp³-hybridized carbons (Fsp3) is 0.222. The van der Waals surface area contributed by atoms with Crippen LogP contribution in [0.1, 0.15) is 19.4 Å². The summed E-state index contributed by atoms with van der Waals surface area (Å²) in [5.74, 6) is 0.801. The Labute approximate surface area is 71.0 Å². The first-order valence-electron chi connectivity index (χ1n) is 3.37. The van der Waals surface area contributed by atoms with Crippen LogP contribution in [0.25, 0.3) is 0 Å². The summed E-state index contributed by atoms with van der Waals surface area (Å²) in [7, 11) is 0. The molecule has 1 aromatic rings. The van der Waals surface area contributed by atoms with Crippen molar-refractivity contribution in [1.82, 2.24) is 0 Å². The summed E-state index contributed by atoms with van der Waals surface area (Å²) in [5.41, 5.74) is 0.910. The summed E-state index contributed by atoms with van der Waals surface area (Å²) < 4.78 is 12.5. The molecule has 11 heavy (non-hydrogen) atoms. The molecule has 0 atom stereocenters. The van der Waals surface area contributed by atoms with Crippen molar-refractivity contribution in [3.63, 3.8) is 0 Å². The van der Waals surface area contributed by atoms with Crippen molar-refractivity contribution in [2.45, 2.75) is 13.8 Å². The van der Waals surface area contributed by atoms with Crippen LogP contribution in [0, 0.1) is 11.7 Å². The molecule has 0 spiro atoms. The third-order valence-electron chi connectivity index (χ3n) is 1.47. The number of hydrogen-bond donors (Lipinski definition) is 0. The second-order valence-electron chi connectivity index (χ2n) is 2.62. The second-order valence-corrected chi connectivity index (χ2v) is 3.03. The van der Waals surface area contributed by atoms with Gasteiger partial charge < -0.3 is 0 Å². The number of benzene rings is 1. The third-order valence-corrected chi connectivity index (χ3v) is 1.78. The van der Waals surface area contributed by atoms with Crippen molar-refractivity contribution in [3.8, 4) is 0 Å². The minimum absolute atomic E-state index is 0.292. The van der Waals surface area contributed by atoms with E-state index in [1.165, 1.54) is 12.1 Å². The van der Waals surface area contributed by atoms with Gasteiger partial charge in [-0.15, -0.1) is 0 Å². The summed E-state index contributed by atoms with van der Waals surface area (Å²) in [5, 5.41) is 0.477. The molecule has 1 rings (SSSR count). The van der Waals surface area contributed by atoms with Gasteiger partial charge >= 0.3 is 0 Å². The Morgan fingerprint density at radius 3 is 2.45 bits per heavy atom. The van der Waals surface area contributed by atoms with Gasteiger partial charge in [0.1, 0.15) is 5.82 Å². The zero-order valence-corrected chi connectivity index (χ0v) is 7.24. The normalized spacial score (nSPS) is 10.6. The molecule has 1 radical (unpaired) electrons. The van der Waals surface area contributed by atoms with Gasteiger partial charge in [0.25, 0.3) is 0 Å². The Kier molecular flexibility index (Phi) is 2.50. The average molecular weight is 172 g/mol. The summed E-state index contributed by atoms with van der Waals surface area (Å²) in [6, 6.07) is 4.42. The van der Waals surface area contributed by atoms with Gasteiger partial charge in [0.2, 0.25) is 0 Å². The highest BCUT2D eigenvalue weighted by Crippen LogP contribution is 2.23. The smallest absolute Gasteiger partial charge is 0.124 e. The monoisotopic (exact) mass is 171 g/mol. The van der Waals surface area contributed by atoms with E-state index in [4.69, 9.17) is 11.6 Å². The maximum atomic E-state index is 12.5. The van der Waals surface area contributed by atoms with E-state index in [-0.39, 0.29) is 5.82 Å². The lowest BCUT2D eigenvalue weighted by molar-refractivity contribution is 0.627. The average Bonchev–Trinajstić information content (AvgIpc) is 1.85. The number of hydrogen-bond acceptors (Lipinski definition) is 0. The molecule has 1 aromatic carbocycles. The molecular weight excluding hydrogens is 163 g/mol. The molecule has 0 amide bonds. The minimum atomic E-state index is -0.292. The lowest BCUT2D eigenvalue weighted by Gasteiger charge is -2.05. The van der Waals surface area contributed by atoms with Crippen LogP contribution in [0.4, 0.5) is 4.39 Å². The molecule has 0 saturated carbocycles. The molecule has 0 fully saturated rings. The Hall–Kier alpha value is -0.560. The molecule has 0 aromatic heterocycles. The molecule has 59 valence electrons. The van der Waals surface area contributed by atoms with Crippen molar-refractivity contribution < 1.29 is 4.39 Å². The van der Waals surface area contributed by atoms with E-state index in [2.05, 4.69) is 0 Å². The molecule has 2 heteroatoms. The van der Waals surface area contributed by atoms with Gasteiger partial charge in [0.05, 0.1) is 0 Å². The lowest BCUT2D eigenvalue weighted by atomic mass is 10.0. The van der Waals surface area contributed by atoms with Gasteiger partial charge in [-0.2, -0.15) is 0 Å². The predicted molar refractivity (Wildman–Crippen MR) is 45.1 cm³/mol. The molecule has 0 nitrogen and oxygen atoms in total. The van der Waals surface area contributed by atoms with E-state index in [1.807, 2.05) is 13.8 Å². The maximum absolute atomic E-state index is 12.5. The topological polar surface area (TPSA) is 0 Å². The number of rotatable bonds is 1. The fourth-order valence-electron chi connectivity index (χ4n) is 0.895. The lowest BCUT2D eigenvalue weighted by Crippen LogP contribution is -1.89. The summed E-state index contributed by atoms with van der Waals surface area (Å²) in [6.07, 6.45) is 0. The standard InChI is InChI=1S/C9H9ClF/c1-6(2)8-4-3-7(11)5-9(8)10/h3-5H,1-2H3. The van der Waals surface area contributed by atoms with Crippen LogP contribution in [-0.4, -0.2) is 0 Å². The molecule has 0 aliphatic carbocycles. The van der Waals surface area contributed by atoms with Crippen molar-refractivity contribution in [2.75, 3.05) is 0 Å². The minimum Gasteiger partial charge on any atom is -0.207 e. The van der Waals surface area contributed by atoms with Gasteiger partial charge in [0.15, 0.2) is 0 Å². The quantitative estimate of drug-likeness (QED) is 0.607. The molecule has 0 saturated heterocycles. The molecule has 0 N–H and O–H groups in total. The largest absolute Gasteiger partial charge is 0.207 e. The summed E-state index contributed by atoms with van der Waals surface area (Å²) in [4.78, 5) is 0. The van der Waals surface area contributed by atoms with Crippen LogP contribution < -0.4 is 0 Å². The number of halogens is 2. The van der Waals surface area contributed by atoms with Gasteiger partial charge in [-0.05, 0) is 17.7 Å². The Morgan fingerprint density at radius 2 is 2.00 bits per heavy atom. The Bertz CT molecular complexity index is 256. The summed E-state index contributed by atoms with van der Waals surface area (Å²) >= 11 is 5.76. The first-order chi connectivity index (χ1) is 5.11. The van der Waals surface area contributed by atoms with E-state index in [0.717, 1.165) is 11.5 Å². The van der Waals surface area contributed by atoms with Gasteiger partial charge in [-0.3, -0.25) is 0 Å². The first kappa shape index (κ1) is 8.54. The highest BCUT2D eigenvalue weighted by molar-refractivity contribution is 6.31. The van der Waals surface area contributed by atoms with E-state index in [0.29, 0.717) is 5.02 Å². The Morgan fingerprint density at radius 1 is 1.36 bits per heavy atom. The van der Waals surface area contributed by atoms with E-state index in [1.54, 1.807) is 6.07 Å². The molecule has 0 bridgehead atoms. The molecular formula is C9H9ClF. The van der Waals surface area contributed by atoms with Crippen LogP contribution in [0.15, 0.2) is 18.2 Å². The van der Waals surface area contributed by atoms with Gasteiger partial charge in [0, 0.05) is 10.9 Å². The van der Waals surface area contributed by atoms with Crippen LogP contribution in [0.2, 0.25) is 5.02 Å². The van der Waals surface area contributed by atoms with Crippen LogP contribution in [0.3, 0.4) is 0 Å². The van der Waals surface area contributed by atoms with Crippen molar-refractivity contribution in [3.05, 3.63) is 40.5 Å². The molecule has 0 aliphatic heterocycles. The zero-order valence-electron chi connectivity index (χ0n) is 6.49. The zero-order chi connectivity index (χ0) is 8.43. The third kappa shape index (κ3) is 1.93. The van der Waals surface area contributed by atoms with Crippen molar-refractivity contribution in [2.24, 2.45) is 0 Å². The predicted octanol–water partition coefficient (Wildman–Crippen LogP) is 3.44.